The summed E-state index contributed by atoms with van der Waals surface area (Å²) >= 11 is 1.59. The molecule has 20 heavy (non-hydrogen) atoms. The number of urea groups is 1. The van der Waals surface area contributed by atoms with E-state index >= 15 is 0 Å². The van der Waals surface area contributed by atoms with E-state index in [4.69, 9.17) is 10.2 Å². The molecule has 8 heteroatoms. The molecule has 0 radical (unpaired) electrons. The van der Waals surface area contributed by atoms with Gasteiger partial charge in [-0.3, -0.25) is 4.79 Å². The van der Waals surface area contributed by atoms with Crippen LogP contribution in [0.15, 0.2) is 0 Å². The van der Waals surface area contributed by atoms with E-state index in [1.165, 1.54) is 4.90 Å². The van der Waals surface area contributed by atoms with Crippen molar-refractivity contribution in [3.8, 4) is 0 Å². The van der Waals surface area contributed by atoms with Gasteiger partial charge in [0, 0.05) is 25.3 Å². The van der Waals surface area contributed by atoms with E-state index in [-0.39, 0.29) is 25.3 Å². The summed E-state index contributed by atoms with van der Waals surface area (Å²) in [5.74, 6) is -1.39. The first-order chi connectivity index (χ1) is 9.29. The van der Waals surface area contributed by atoms with Gasteiger partial charge in [0.05, 0.1) is 0 Å². The Morgan fingerprint density at radius 1 is 1.30 bits per heavy atom. The third-order valence-corrected chi connectivity index (χ3v) is 3.68. The van der Waals surface area contributed by atoms with Crippen molar-refractivity contribution >= 4 is 29.7 Å². The standard InChI is InChI=1S/C12H22N2O5S/c1-8(7-20-3)14(2)12(19)13-9(11(17)18)5-4-6-10(15)16/h8-9H,4-7H2,1-3H3,(H,13,19)(H,15,16)(H,17,18)/t8?,9-/m1/s1. The molecule has 3 N–H and O–H groups in total. The maximum atomic E-state index is 11.9. The van der Waals surface area contributed by atoms with Gasteiger partial charge in [0.25, 0.3) is 0 Å². The van der Waals surface area contributed by atoms with E-state index < -0.39 is 24.0 Å². The van der Waals surface area contributed by atoms with Crippen LogP contribution in [-0.4, -0.2) is 64.2 Å². The van der Waals surface area contributed by atoms with E-state index in [2.05, 4.69) is 5.32 Å². The molecule has 2 amide bonds. The summed E-state index contributed by atoms with van der Waals surface area (Å²) in [6.45, 7) is 1.87. The molecular weight excluding hydrogens is 284 g/mol. The minimum Gasteiger partial charge on any atom is -0.481 e. The van der Waals surface area contributed by atoms with Crippen molar-refractivity contribution in [2.24, 2.45) is 0 Å². The second kappa shape index (κ2) is 9.46. The summed E-state index contributed by atoms with van der Waals surface area (Å²) in [5.41, 5.74) is 0. The quantitative estimate of drug-likeness (QED) is 0.588. The number of carbonyl (C=O) groups excluding carboxylic acids is 1. The first-order valence-electron chi connectivity index (χ1n) is 6.26. The SMILES string of the molecule is CSCC(C)N(C)C(=O)N[C@H](CCCC(=O)O)C(=O)O. The molecule has 0 fully saturated rings. The molecule has 0 rings (SSSR count). The maximum absolute atomic E-state index is 11.9. The Hall–Kier alpha value is -1.44. The summed E-state index contributed by atoms with van der Waals surface area (Å²) in [4.78, 5) is 34.8. The zero-order valence-electron chi connectivity index (χ0n) is 12.0. The second-order valence-electron chi connectivity index (χ2n) is 4.54. The number of carboxylic acids is 2. The van der Waals surface area contributed by atoms with Gasteiger partial charge in [0.1, 0.15) is 6.04 Å². The lowest BCUT2D eigenvalue weighted by Gasteiger charge is -2.26. The van der Waals surface area contributed by atoms with E-state index in [1.54, 1.807) is 18.8 Å². The summed E-state index contributed by atoms with van der Waals surface area (Å²) in [7, 11) is 1.60. The Balaban J connectivity index is 4.39. The van der Waals surface area contributed by atoms with E-state index in [9.17, 15) is 14.4 Å². The minimum atomic E-state index is -1.16. The molecule has 116 valence electrons. The third kappa shape index (κ3) is 7.22. The van der Waals surface area contributed by atoms with Gasteiger partial charge < -0.3 is 20.4 Å². The monoisotopic (exact) mass is 306 g/mol. The van der Waals surface area contributed by atoms with E-state index in [0.29, 0.717) is 0 Å². The Morgan fingerprint density at radius 2 is 1.90 bits per heavy atom. The number of nitrogens with one attached hydrogen (secondary N) is 1. The molecule has 0 heterocycles. The molecule has 1 unspecified atom stereocenters. The molecule has 2 atom stereocenters. The fourth-order valence-electron chi connectivity index (χ4n) is 1.52. The Bertz CT molecular complexity index is 351. The molecule has 0 spiro atoms. The lowest BCUT2D eigenvalue weighted by atomic mass is 10.1. The highest BCUT2D eigenvalue weighted by Gasteiger charge is 2.23. The lowest BCUT2D eigenvalue weighted by molar-refractivity contribution is -0.140. The van der Waals surface area contributed by atoms with Gasteiger partial charge >= 0.3 is 18.0 Å². The Morgan fingerprint density at radius 3 is 2.35 bits per heavy atom. The molecule has 0 aliphatic heterocycles. The van der Waals surface area contributed by atoms with Gasteiger partial charge in [-0.25, -0.2) is 9.59 Å². The first-order valence-corrected chi connectivity index (χ1v) is 7.65. The molecule has 0 saturated heterocycles. The maximum Gasteiger partial charge on any atom is 0.326 e. The Kier molecular flexibility index (Phi) is 8.78. The Labute approximate surface area is 122 Å². The smallest absolute Gasteiger partial charge is 0.326 e. The van der Waals surface area contributed by atoms with Crippen molar-refractivity contribution in [2.75, 3.05) is 19.1 Å². The fraction of sp³-hybridized carbons (Fsp3) is 0.750. The van der Waals surface area contributed by atoms with Gasteiger partial charge in [-0.15, -0.1) is 0 Å². The molecule has 0 aromatic carbocycles. The summed E-state index contributed by atoms with van der Waals surface area (Å²) in [6.07, 6.45) is 2.11. The van der Waals surface area contributed by atoms with Gasteiger partial charge in [0.2, 0.25) is 0 Å². The van der Waals surface area contributed by atoms with Crippen molar-refractivity contribution in [3.63, 3.8) is 0 Å². The van der Waals surface area contributed by atoms with Gasteiger partial charge in [-0.2, -0.15) is 11.8 Å². The van der Waals surface area contributed by atoms with Crippen molar-refractivity contribution in [2.45, 2.75) is 38.3 Å². The molecule has 0 aliphatic rings. The van der Waals surface area contributed by atoms with Gasteiger partial charge in [-0.05, 0) is 26.0 Å². The summed E-state index contributed by atoms with van der Waals surface area (Å²) in [6, 6.07) is -1.54. The van der Waals surface area contributed by atoms with Crippen LogP contribution >= 0.6 is 11.8 Å². The van der Waals surface area contributed by atoms with Crippen molar-refractivity contribution in [3.05, 3.63) is 0 Å². The molecule has 0 saturated carbocycles. The number of carboxylic acid groups (broad SMARTS) is 2. The molecule has 0 aromatic heterocycles. The van der Waals surface area contributed by atoms with Crippen molar-refractivity contribution in [1.82, 2.24) is 10.2 Å². The average Bonchev–Trinajstić information content (AvgIpc) is 2.36. The molecule has 0 aliphatic carbocycles. The van der Waals surface area contributed by atoms with Crippen LogP contribution in [0.3, 0.4) is 0 Å². The number of thioether (sulfide) groups is 1. The summed E-state index contributed by atoms with van der Waals surface area (Å²) in [5, 5.41) is 20.0. The molecule has 0 bridgehead atoms. The lowest BCUT2D eigenvalue weighted by Crippen LogP contribution is -2.49. The van der Waals surface area contributed by atoms with E-state index in [0.717, 1.165) is 5.75 Å². The van der Waals surface area contributed by atoms with E-state index in [1.807, 2.05) is 13.2 Å². The summed E-state index contributed by atoms with van der Waals surface area (Å²) < 4.78 is 0. The van der Waals surface area contributed by atoms with Crippen LogP contribution in [0.25, 0.3) is 0 Å². The number of hydrogen-bond acceptors (Lipinski definition) is 4. The van der Waals surface area contributed by atoms with Crippen LogP contribution in [0.1, 0.15) is 26.2 Å². The van der Waals surface area contributed by atoms with Crippen LogP contribution in [0.5, 0.6) is 0 Å². The van der Waals surface area contributed by atoms with Crippen LogP contribution in [0, 0.1) is 0 Å². The van der Waals surface area contributed by atoms with Crippen LogP contribution < -0.4 is 5.32 Å². The number of amides is 2. The highest BCUT2D eigenvalue weighted by atomic mass is 32.2. The van der Waals surface area contributed by atoms with Crippen LogP contribution in [0.4, 0.5) is 4.79 Å². The predicted molar refractivity (Wildman–Crippen MR) is 77.0 cm³/mol. The zero-order chi connectivity index (χ0) is 15.7. The topological polar surface area (TPSA) is 107 Å². The molecule has 7 nitrogen and oxygen atoms in total. The van der Waals surface area contributed by atoms with Crippen molar-refractivity contribution < 1.29 is 24.6 Å². The number of aliphatic carboxylic acids is 2. The average molecular weight is 306 g/mol. The predicted octanol–water partition coefficient (Wildman–Crippen LogP) is 1.09. The first kappa shape index (κ1) is 18.6. The van der Waals surface area contributed by atoms with Crippen LogP contribution in [0.2, 0.25) is 0 Å². The highest BCUT2D eigenvalue weighted by molar-refractivity contribution is 7.98. The number of hydrogen-bond donors (Lipinski definition) is 3. The van der Waals surface area contributed by atoms with Crippen LogP contribution in [-0.2, 0) is 9.59 Å². The number of rotatable bonds is 9. The second-order valence-corrected chi connectivity index (χ2v) is 5.45. The number of carbonyl (C=O) groups is 3. The van der Waals surface area contributed by atoms with Gasteiger partial charge in [0.15, 0.2) is 0 Å². The molecule has 0 aromatic rings. The zero-order valence-corrected chi connectivity index (χ0v) is 12.8. The number of nitrogens with zero attached hydrogens (tertiary/aromatic N) is 1. The largest absolute Gasteiger partial charge is 0.481 e. The third-order valence-electron chi connectivity index (χ3n) is 2.87. The van der Waals surface area contributed by atoms with Gasteiger partial charge in [-0.1, -0.05) is 0 Å². The van der Waals surface area contributed by atoms with Crippen molar-refractivity contribution in [1.29, 1.82) is 0 Å². The normalized spacial score (nSPS) is 13.3. The minimum absolute atomic E-state index is 0.0153. The highest BCUT2D eigenvalue weighted by Crippen LogP contribution is 2.06. The molecular formula is C12H22N2O5S. The fourth-order valence-corrected chi connectivity index (χ4v) is 2.22.